The van der Waals surface area contributed by atoms with Gasteiger partial charge in [0.2, 0.25) is 0 Å². The van der Waals surface area contributed by atoms with Gasteiger partial charge >= 0.3 is 0 Å². The fourth-order valence-corrected chi connectivity index (χ4v) is 3.35. The van der Waals surface area contributed by atoms with Crippen LogP contribution in [-0.4, -0.2) is 46.6 Å². The maximum absolute atomic E-state index is 11.4. The topological polar surface area (TPSA) is 85.1 Å². The van der Waals surface area contributed by atoms with Gasteiger partial charge in [-0.05, 0) is 12.8 Å². The van der Waals surface area contributed by atoms with Crippen molar-refractivity contribution < 1.29 is 13.5 Å². The lowest BCUT2D eigenvalue weighted by Crippen LogP contribution is -2.40. The van der Waals surface area contributed by atoms with E-state index in [9.17, 15) is 8.42 Å². The predicted molar refractivity (Wildman–Crippen MR) is 57.7 cm³/mol. The van der Waals surface area contributed by atoms with Gasteiger partial charge in [0, 0.05) is 25.5 Å². The van der Waals surface area contributed by atoms with Crippen molar-refractivity contribution in [3.8, 4) is 0 Å². The first-order chi connectivity index (χ1) is 7.52. The third-order valence-electron chi connectivity index (χ3n) is 2.99. The lowest BCUT2D eigenvalue weighted by molar-refractivity contribution is 0.286. The van der Waals surface area contributed by atoms with Crippen LogP contribution in [0.3, 0.4) is 0 Å². The quantitative estimate of drug-likeness (QED) is 0.777. The Balaban J connectivity index is 2.13. The zero-order valence-corrected chi connectivity index (χ0v) is 9.89. The summed E-state index contributed by atoms with van der Waals surface area (Å²) in [5, 5.41) is 16.2. The minimum Gasteiger partial charge on any atom is -0.396 e. The number of aliphatic hydroxyl groups excluding tert-OH is 1. The van der Waals surface area contributed by atoms with Crippen molar-refractivity contribution in [2.75, 3.05) is 12.9 Å². The maximum atomic E-state index is 11.4. The summed E-state index contributed by atoms with van der Waals surface area (Å²) in [6.07, 6.45) is 4.95. The molecule has 1 N–H and O–H groups in total. The summed E-state index contributed by atoms with van der Waals surface area (Å²) < 4.78 is 24.5. The molecule has 1 saturated carbocycles. The molecule has 1 heterocycles. The Bertz CT molecular complexity index is 468. The number of rotatable bonds is 4. The predicted octanol–water partition coefficient (Wildman–Crippen LogP) is -0.439. The molecule has 1 fully saturated rings. The van der Waals surface area contributed by atoms with Gasteiger partial charge in [0.05, 0.1) is 17.0 Å². The number of aliphatic hydroxyl groups is 1. The average molecular weight is 245 g/mol. The molecule has 90 valence electrons. The highest BCUT2D eigenvalue weighted by Gasteiger charge is 2.40. The fourth-order valence-electron chi connectivity index (χ4n) is 1.96. The molecule has 1 aromatic heterocycles. The minimum atomic E-state index is -3.00. The van der Waals surface area contributed by atoms with E-state index in [1.807, 2.05) is 0 Å². The first-order valence-corrected chi connectivity index (χ1v) is 7.18. The highest BCUT2D eigenvalue weighted by atomic mass is 32.2. The molecule has 16 heavy (non-hydrogen) atoms. The normalized spacial score (nSPS) is 25.4. The second-order valence-corrected chi connectivity index (χ2v) is 6.44. The molecule has 1 aliphatic carbocycles. The molecule has 1 aromatic rings. The number of hydrogen-bond donors (Lipinski definition) is 1. The summed E-state index contributed by atoms with van der Waals surface area (Å²) in [6, 6.07) is -0.0880. The third kappa shape index (κ3) is 2.10. The first-order valence-electron chi connectivity index (χ1n) is 5.23. The van der Waals surface area contributed by atoms with Crippen molar-refractivity contribution in [1.82, 2.24) is 15.0 Å². The molecule has 6 nitrogen and oxygen atoms in total. The van der Waals surface area contributed by atoms with Crippen LogP contribution >= 0.6 is 0 Å². The van der Waals surface area contributed by atoms with Crippen LogP contribution in [0.15, 0.2) is 6.20 Å². The van der Waals surface area contributed by atoms with Gasteiger partial charge < -0.3 is 5.11 Å². The standard InChI is InChI=1S/C9H15N3O3S/c1-16(14,15)9-3-2-8(9)12-6-7(4-5-13)10-11-12/h6,8-9,13H,2-5H2,1H3. The van der Waals surface area contributed by atoms with Crippen molar-refractivity contribution in [2.24, 2.45) is 0 Å². The third-order valence-corrected chi connectivity index (χ3v) is 4.64. The molecular weight excluding hydrogens is 230 g/mol. The van der Waals surface area contributed by atoms with Crippen molar-refractivity contribution in [3.05, 3.63) is 11.9 Å². The molecule has 0 bridgehead atoms. The van der Waals surface area contributed by atoms with Gasteiger partial charge in [-0.2, -0.15) is 0 Å². The highest BCUT2D eigenvalue weighted by Crippen LogP contribution is 2.36. The summed E-state index contributed by atoms with van der Waals surface area (Å²) in [4.78, 5) is 0. The number of aromatic nitrogens is 3. The number of sulfone groups is 1. The molecule has 0 radical (unpaired) electrons. The monoisotopic (exact) mass is 245 g/mol. The van der Waals surface area contributed by atoms with E-state index in [1.165, 1.54) is 6.26 Å². The maximum Gasteiger partial charge on any atom is 0.152 e. The average Bonchev–Trinajstić information content (AvgIpc) is 2.48. The largest absolute Gasteiger partial charge is 0.396 e. The summed E-state index contributed by atoms with van der Waals surface area (Å²) in [6.45, 7) is 0.0267. The molecule has 2 rings (SSSR count). The molecule has 1 aliphatic rings. The van der Waals surface area contributed by atoms with E-state index >= 15 is 0 Å². The SMILES string of the molecule is CS(=O)(=O)C1CCC1n1cc(CCO)nn1. The van der Waals surface area contributed by atoms with Gasteiger partial charge in [0.1, 0.15) is 0 Å². The molecule has 2 unspecified atom stereocenters. The van der Waals surface area contributed by atoms with Crippen LogP contribution in [-0.2, 0) is 16.3 Å². The zero-order valence-electron chi connectivity index (χ0n) is 9.07. The lowest BCUT2D eigenvalue weighted by atomic mass is 9.92. The second kappa shape index (κ2) is 4.14. The van der Waals surface area contributed by atoms with E-state index in [0.717, 1.165) is 6.42 Å². The van der Waals surface area contributed by atoms with E-state index in [1.54, 1.807) is 10.9 Å². The summed E-state index contributed by atoms with van der Waals surface area (Å²) in [5.74, 6) is 0. The van der Waals surface area contributed by atoms with E-state index in [-0.39, 0.29) is 17.9 Å². The van der Waals surface area contributed by atoms with Gasteiger partial charge in [0.25, 0.3) is 0 Å². The number of hydrogen-bond acceptors (Lipinski definition) is 5. The summed E-state index contributed by atoms with van der Waals surface area (Å²) in [7, 11) is -3.00. The van der Waals surface area contributed by atoms with E-state index < -0.39 is 9.84 Å². The Kier molecular flexibility index (Phi) is 2.98. The summed E-state index contributed by atoms with van der Waals surface area (Å²) in [5.41, 5.74) is 0.696. The van der Waals surface area contributed by atoms with Gasteiger partial charge in [-0.25, -0.2) is 13.1 Å². The molecule has 7 heteroatoms. The Morgan fingerprint density at radius 3 is 2.81 bits per heavy atom. The highest BCUT2D eigenvalue weighted by molar-refractivity contribution is 7.91. The molecule has 0 saturated heterocycles. The van der Waals surface area contributed by atoms with Gasteiger partial charge in [-0.15, -0.1) is 5.10 Å². The fraction of sp³-hybridized carbons (Fsp3) is 0.778. The van der Waals surface area contributed by atoms with E-state index in [4.69, 9.17) is 5.11 Å². The first kappa shape index (κ1) is 11.5. The molecule has 0 amide bonds. The molecule has 0 aromatic carbocycles. The second-order valence-electron chi connectivity index (χ2n) is 4.18. The van der Waals surface area contributed by atoms with Crippen LogP contribution in [0.1, 0.15) is 24.6 Å². The smallest absolute Gasteiger partial charge is 0.152 e. The van der Waals surface area contributed by atoms with E-state index in [2.05, 4.69) is 10.3 Å². The van der Waals surface area contributed by atoms with Crippen LogP contribution < -0.4 is 0 Å². The minimum absolute atomic E-state index is 0.0267. The molecule has 0 spiro atoms. The van der Waals surface area contributed by atoms with Crippen LogP contribution in [0.2, 0.25) is 0 Å². The Morgan fingerprint density at radius 1 is 1.56 bits per heavy atom. The van der Waals surface area contributed by atoms with Crippen LogP contribution in [0.4, 0.5) is 0 Å². The lowest BCUT2D eigenvalue weighted by Gasteiger charge is -2.34. The van der Waals surface area contributed by atoms with Crippen molar-refractivity contribution in [1.29, 1.82) is 0 Å². The molecule has 0 aliphatic heterocycles. The van der Waals surface area contributed by atoms with Crippen molar-refractivity contribution in [3.63, 3.8) is 0 Å². The van der Waals surface area contributed by atoms with Crippen molar-refractivity contribution >= 4 is 9.84 Å². The van der Waals surface area contributed by atoms with Gasteiger partial charge in [-0.1, -0.05) is 5.21 Å². The van der Waals surface area contributed by atoms with Crippen LogP contribution in [0.5, 0.6) is 0 Å². The Labute approximate surface area is 94.2 Å². The zero-order chi connectivity index (χ0) is 11.8. The molecular formula is C9H15N3O3S. The van der Waals surface area contributed by atoms with Gasteiger partial charge in [0.15, 0.2) is 9.84 Å². The molecule has 2 atom stereocenters. The van der Waals surface area contributed by atoms with Crippen molar-refractivity contribution in [2.45, 2.75) is 30.6 Å². The van der Waals surface area contributed by atoms with Crippen LogP contribution in [0, 0.1) is 0 Å². The number of nitrogens with zero attached hydrogens (tertiary/aromatic N) is 3. The van der Waals surface area contributed by atoms with Crippen LogP contribution in [0.25, 0.3) is 0 Å². The Morgan fingerprint density at radius 2 is 2.31 bits per heavy atom. The van der Waals surface area contributed by atoms with Gasteiger partial charge in [-0.3, -0.25) is 0 Å². The van der Waals surface area contributed by atoms with E-state index in [0.29, 0.717) is 18.5 Å². The summed E-state index contributed by atoms with van der Waals surface area (Å²) >= 11 is 0. The Hall–Kier alpha value is -0.950.